The summed E-state index contributed by atoms with van der Waals surface area (Å²) in [5.74, 6) is 1.58. The quantitative estimate of drug-likeness (QED) is 0.697. The number of hydrogen-bond acceptors (Lipinski definition) is 5. The van der Waals surface area contributed by atoms with Crippen LogP contribution in [-0.4, -0.2) is 12.1 Å². The summed E-state index contributed by atoms with van der Waals surface area (Å²) in [5, 5.41) is 5.14. The molecule has 0 atom stereocenters. The first-order valence-electron chi connectivity index (χ1n) is 6.10. The van der Waals surface area contributed by atoms with E-state index in [-0.39, 0.29) is 0 Å². The molecule has 0 saturated carbocycles. The second kappa shape index (κ2) is 6.07. The topological polar surface area (TPSA) is 31.4 Å². The fourth-order valence-electron chi connectivity index (χ4n) is 1.73. The normalized spacial score (nSPS) is 10.4. The molecule has 0 aliphatic rings. The van der Waals surface area contributed by atoms with Crippen LogP contribution in [0, 0.1) is 0 Å². The number of ether oxygens (including phenoxy) is 2. The highest BCUT2D eigenvalue weighted by molar-refractivity contribution is 7.20. The molecule has 0 unspecified atom stereocenters. The lowest BCUT2D eigenvalue weighted by Gasteiger charge is -2.05. The third kappa shape index (κ3) is 3.00. The van der Waals surface area contributed by atoms with Gasteiger partial charge in [-0.05, 0) is 23.6 Å². The van der Waals surface area contributed by atoms with Gasteiger partial charge in [-0.15, -0.1) is 22.7 Å². The lowest BCUT2D eigenvalue weighted by atomic mass is 10.3. The summed E-state index contributed by atoms with van der Waals surface area (Å²) in [7, 11) is 1.65. The highest BCUT2D eigenvalue weighted by Crippen LogP contribution is 2.28. The lowest BCUT2D eigenvalue weighted by molar-refractivity contribution is 0.300. The number of thiazole rings is 1. The Hall–Kier alpha value is -1.85. The highest BCUT2D eigenvalue weighted by atomic mass is 32.1. The van der Waals surface area contributed by atoms with Crippen molar-refractivity contribution >= 4 is 22.7 Å². The van der Waals surface area contributed by atoms with Crippen molar-refractivity contribution in [2.24, 2.45) is 0 Å². The van der Waals surface area contributed by atoms with Gasteiger partial charge in [0.15, 0.2) is 0 Å². The van der Waals surface area contributed by atoms with E-state index in [1.807, 2.05) is 35.7 Å². The lowest BCUT2D eigenvalue weighted by Crippen LogP contribution is -1.96. The van der Waals surface area contributed by atoms with Gasteiger partial charge in [-0.1, -0.05) is 12.1 Å². The van der Waals surface area contributed by atoms with Crippen molar-refractivity contribution in [2.45, 2.75) is 6.61 Å². The molecule has 0 spiro atoms. The molecule has 0 fully saturated rings. The number of rotatable bonds is 5. The molecule has 2 heterocycles. The zero-order valence-electron chi connectivity index (χ0n) is 10.9. The molecule has 0 aliphatic heterocycles. The molecule has 2 aromatic heterocycles. The molecular weight excluding hydrogens is 290 g/mol. The van der Waals surface area contributed by atoms with Crippen LogP contribution in [0.25, 0.3) is 9.88 Å². The monoisotopic (exact) mass is 303 g/mol. The minimum atomic E-state index is 0.467. The zero-order chi connectivity index (χ0) is 13.8. The summed E-state index contributed by atoms with van der Waals surface area (Å²) >= 11 is 3.34. The maximum Gasteiger partial charge on any atom is 0.133 e. The maximum atomic E-state index is 5.73. The average molecular weight is 303 g/mol. The number of benzene rings is 1. The van der Waals surface area contributed by atoms with E-state index < -0.39 is 0 Å². The van der Waals surface area contributed by atoms with Crippen LogP contribution >= 0.6 is 22.7 Å². The van der Waals surface area contributed by atoms with Gasteiger partial charge < -0.3 is 9.47 Å². The molecule has 0 amide bonds. The van der Waals surface area contributed by atoms with Gasteiger partial charge in [0.1, 0.15) is 23.1 Å². The maximum absolute atomic E-state index is 5.73. The first kappa shape index (κ1) is 13.1. The SMILES string of the molecule is COc1cccc(OCc2csc(-c3cccs3)n2)c1. The van der Waals surface area contributed by atoms with Gasteiger partial charge in [-0.25, -0.2) is 4.98 Å². The Kier molecular flexibility index (Phi) is 3.99. The van der Waals surface area contributed by atoms with Gasteiger partial charge in [0.25, 0.3) is 0 Å². The molecule has 0 bridgehead atoms. The van der Waals surface area contributed by atoms with Crippen LogP contribution in [0.2, 0.25) is 0 Å². The molecule has 0 radical (unpaired) electrons. The molecule has 102 valence electrons. The first-order valence-corrected chi connectivity index (χ1v) is 7.86. The van der Waals surface area contributed by atoms with Crippen LogP contribution in [0.15, 0.2) is 47.2 Å². The number of hydrogen-bond donors (Lipinski definition) is 0. The summed E-state index contributed by atoms with van der Waals surface area (Å²) < 4.78 is 10.9. The Bertz CT molecular complexity index is 677. The molecule has 3 rings (SSSR count). The van der Waals surface area contributed by atoms with Gasteiger partial charge in [-0.2, -0.15) is 0 Å². The van der Waals surface area contributed by atoms with E-state index in [0.29, 0.717) is 6.61 Å². The molecule has 0 N–H and O–H groups in total. The Morgan fingerprint density at radius 1 is 1.10 bits per heavy atom. The minimum absolute atomic E-state index is 0.467. The summed E-state index contributed by atoms with van der Waals surface area (Å²) in [6, 6.07) is 11.7. The zero-order valence-corrected chi connectivity index (χ0v) is 12.5. The average Bonchev–Trinajstić information content (AvgIpc) is 3.16. The van der Waals surface area contributed by atoms with Crippen LogP contribution in [0.4, 0.5) is 0 Å². The van der Waals surface area contributed by atoms with Crippen molar-refractivity contribution < 1.29 is 9.47 Å². The van der Waals surface area contributed by atoms with Crippen LogP contribution in [-0.2, 0) is 6.61 Å². The Morgan fingerprint density at radius 3 is 2.80 bits per heavy atom. The van der Waals surface area contributed by atoms with Gasteiger partial charge in [-0.3, -0.25) is 0 Å². The smallest absolute Gasteiger partial charge is 0.133 e. The van der Waals surface area contributed by atoms with E-state index in [0.717, 1.165) is 22.2 Å². The van der Waals surface area contributed by atoms with E-state index in [1.54, 1.807) is 29.8 Å². The molecule has 0 saturated heterocycles. The molecule has 3 aromatic rings. The Balaban J connectivity index is 1.66. The second-order valence-corrected chi connectivity index (χ2v) is 5.89. The van der Waals surface area contributed by atoms with Crippen molar-refractivity contribution in [1.82, 2.24) is 4.98 Å². The van der Waals surface area contributed by atoms with Crippen molar-refractivity contribution in [3.63, 3.8) is 0 Å². The van der Waals surface area contributed by atoms with E-state index in [1.165, 1.54) is 4.88 Å². The van der Waals surface area contributed by atoms with Gasteiger partial charge >= 0.3 is 0 Å². The Morgan fingerprint density at radius 2 is 2.00 bits per heavy atom. The predicted octanol–water partition coefficient (Wildman–Crippen LogP) is 4.46. The van der Waals surface area contributed by atoms with E-state index in [4.69, 9.17) is 9.47 Å². The summed E-state index contributed by atoms with van der Waals surface area (Å²) in [5.41, 5.74) is 0.946. The van der Waals surface area contributed by atoms with Crippen LogP contribution in [0.5, 0.6) is 11.5 Å². The van der Waals surface area contributed by atoms with Crippen molar-refractivity contribution in [1.29, 1.82) is 0 Å². The summed E-state index contributed by atoms with van der Waals surface area (Å²) in [6.07, 6.45) is 0. The molecule has 3 nitrogen and oxygen atoms in total. The molecule has 0 aliphatic carbocycles. The van der Waals surface area contributed by atoms with Crippen molar-refractivity contribution in [3.8, 4) is 21.4 Å². The molecule has 1 aromatic carbocycles. The number of methoxy groups -OCH3 is 1. The van der Waals surface area contributed by atoms with Crippen molar-refractivity contribution in [2.75, 3.05) is 7.11 Å². The Labute approximate surface area is 125 Å². The molecule has 20 heavy (non-hydrogen) atoms. The van der Waals surface area contributed by atoms with Crippen LogP contribution in [0.1, 0.15) is 5.69 Å². The van der Waals surface area contributed by atoms with Crippen LogP contribution in [0.3, 0.4) is 0 Å². The van der Waals surface area contributed by atoms with Crippen molar-refractivity contribution in [3.05, 3.63) is 52.9 Å². The number of aromatic nitrogens is 1. The third-order valence-electron chi connectivity index (χ3n) is 2.71. The predicted molar refractivity (Wildman–Crippen MR) is 82.8 cm³/mol. The molecule has 5 heteroatoms. The number of thiophene rings is 1. The first-order chi connectivity index (χ1) is 9.85. The summed E-state index contributed by atoms with van der Waals surface area (Å²) in [4.78, 5) is 5.78. The summed E-state index contributed by atoms with van der Waals surface area (Å²) in [6.45, 7) is 0.467. The van der Waals surface area contributed by atoms with Gasteiger partial charge in [0.2, 0.25) is 0 Å². The van der Waals surface area contributed by atoms with Gasteiger partial charge in [0.05, 0.1) is 17.7 Å². The van der Waals surface area contributed by atoms with Crippen LogP contribution < -0.4 is 9.47 Å². The fourth-order valence-corrected chi connectivity index (χ4v) is 3.35. The van der Waals surface area contributed by atoms with Gasteiger partial charge in [0, 0.05) is 11.4 Å². The van der Waals surface area contributed by atoms with E-state index in [2.05, 4.69) is 16.4 Å². The largest absolute Gasteiger partial charge is 0.497 e. The molecular formula is C15H13NO2S2. The number of nitrogens with zero attached hydrogens (tertiary/aromatic N) is 1. The highest BCUT2D eigenvalue weighted by Gasteiger charge is 2.06. The standard InChI is InChI=1S/C15H13NO2S2/c1-17-12-4-2-5-13(8-12)18-9-11-10-20-15(16-11)14-6-3-7-19-14/h2-8,10H,9H2,1H3. The minimum Gasteiger partial charge on any atom is -0.497 e. The van der Waals surface area contributed by atoms with E-state index >= 15 is 0 Å². The third-order valence-corrected chi connectivity index (χ3v) is 4.64. The van der Waals surface area contributed by atoms with E-state index in [9.17, 15) is 0 Å². The fraction of sp³-hybridized carbons (Fsp3) is 0.133. The second-order valence-electron chi connectivity index (χ2n) is 4.09.